The molecule has 0 saturated carbocycles. The maximum Gasteiger partial charge on any atom is 0.218 e. The zero-order chi connectivity index (χ0) is 10.8. The summed E-state index contributed by atoms with van der Waals surface area (Å²) in [6.07, 6.45) is 2.87. The minimum atomic E-state index is -3.14. The predicted molar refractivity (Wildman–Crippen MR) is 57.5 cm³/mol. The third-order valence-electron chi connectivity index (χ3n) is 2.96. The second kappa shape index (κ2) is 4.59. The first-order valence-electron chi connectivity index (χ1n) is 5.24. The molecule has 4 nitrogen and oxygen atoms in total. The molecule has 2 N–H and O–H groups in total. The monoisotopic (exact) mass is 220 g/mol. The van der Waals surface area contributed by atoms with Gasteiger partial charge in [0.05, 0.1) is 5.25 Å². The topological polar surface area (TPSA) is 63.4 Å². The molecule has 0 radical (unpaired) electrons. The van der Waals surface area contributed by atoms with Crippen LogP contribution in [-0.4, -0.2) is 37.1 Å². The average Bonchev–Trinajstić information content (AvgIpc) is 2.64. The fourth-order valence-corrected chi connectivity index (χ4v) is 3.66. The molecule has 84 valence electrons. The molecule has 2 atom stereocenters. The summed E-state index contributed by atoms with van der Waals surface area (Å²) in [6.45, 7) is 4.59. The van der Waals surface area contributed by atoms with E-state index in [0.29, 0.717) is 6.54 Å². The molecule has 2 unspecified atom stereocenters. The normalized spacial score (nSPS) is 26.6. The number of rotatable bonds is 4. The molecule has 0 spiro atoms. The van der Waals surface area contributed by atoms with E-state index >= 15 is 0 Å². The van der Waals surface area contributed by atoms with Crippen LogP contribution in [0.4, 0.5) is 0 Å². The molecule has 0 bridgehead atoms. The molecular formula is C9H20N2O2S. The zero-order valence-electron chi connectivity index (χ0n) is 8.94. The Morgan fingerprint density at radius 3 is 2.71 bits per heavy atom. The number of hydrogen-bond acceptors (Lipinski definition) is 3. The van der Waals surface area contributed by atoms with Gasteiger partial charge in [0.1, 0.15) is 0 Å². The molecule has 0 amide bonds. The summed E-state index contributed by atoms with van der Waals surface area (Å²) in [6, 6.07) is 0.203. The van der Waals surface area contributed by atoms with E-state index in [9.17, 15) is 8.42 Å². The summed E-state index contributed by atoms with van der Waals surface area (Å²) < 4.78 is 25.6. The highest BCUT2D eigenvalue weighted by Gasteiger charge is 2.35. The van der Waals surface area contributed by atoms with Gasteiger partial charge in [-0.05, 0) is 26.2 Å². The average molecular weight is 220 g/mol. The molecule has 5 heteroatoms. The van der Waals surface area contributed by atoms with Crippen molar-refractivity contribution in [3.63, 3.8) is 0 Å². The maximum absolute atomic E-state index is 12.0. The van der Waals surface area contributed by atoms with Crippen LogP contribution in [-0.2, 0) is 10.0 Å². The third-order valence-corrected chi connectivity index (χ3v) is 5.31. The molecule has 1 aliphatic rings. The van der Waals surface area contributed by atoms with Gasteiger partial charge >= 0.3 is 0 Å². The maximum atomic E-state index is 12.0. The first kappa shape index (κ1) is 11.9. The van der Waals surface area contributed by atoms with Crippen molar-refractivity contribution in [3.05, 3.63) is 0 Å². The summed E-state index contributed by atoms with van der Waals surface area (Å²) >= 11 is 0. The quantitative estimate of drug-likeness (QED) is 0.752. The molecule has 0 aromatic carbocycles. The van der Waals surface area contributed by atoms with Crippen LogP contribution in [0, 0.1) is 0 Å². The molecule has 1 rings (SSSR count). The largest absolute Gasteiger partial charge is 0.329 e. The van der Waals surface area contributed by atoms with Gasteiger partial charge in [-0.1, -0.05) is 6.92 Å². The van der Waals surface area contributed by atoms with Gasteiger partial charge in [0.25, 0.3) is 0 Å². The van der Waals surface area contributed by atoms with E-state index in [4.69, 9.17) is 5.73 Å². The molecule has 0 aliphatic carbocycles. The van der Waals surface area contributed by atoms with Crippen LogP contribution in [0.5, 0.6) is 0 Å². The summed E-state index contributed by atoms with van der Waals surface area (Å²) in [5, 5.41) is -0.449. The lowest BCUT2D eigenvalue weighted by Gasteiger charge is -2.25. The molecule has 1 saturated heterocycles. The summed E-state index contributed by atoms with van der Waals surface area (Å²) in [4.78, 5) is 0. The first-order chi connectivity index (χ1) is 6.54. The lowest BCUT2D eigenvalue weighted by atomic mass is 10.2. The van der Waals surface area contributed by atoms with Crippen LogP contribution in [0.1, 0.15) is 33.1 Å². The summed E-state index contributed by atoms with van der Waals surface area (Å²) in [5.74, 6) is 0. The Bertz CT molecular complexity index is 277. The van der Waals surface area contributed by atoms with E-state index < -0.39 is 15.3 Å². The Morgan fingerprint density at radius 1 is 1.57 bits per heavy atom. The first-order valence-corrected chi connectivity index (χ1v) is 6.75. The number of nitrogens with zero attached hydrogens (tertiary/aromatic N) is 1. The zero-order valence-corrected chi connectivity index (χ0v) is 9.76. The Balaban J connectivity index is 2.81. The van der Waals surface area contributed by atoms with Crippen molar-refractivity contribution in [1.29, 1.82) is 0 Å². The lowest BCUT2D eigenvalue weighted by Crippen LogP contribution is -2.43. The molecule has 1 fully saturated rings. The van der Waals surface area contributed by atoms with Gasteiger partial charge in [-0.25, -0.2) is 8.42 Å². The lowest BCUT2D eigenvalue weighted by molar-refractivity contribution is 0.375. The fraction of sp³-hybridized carbons (Fsp3) is 1.00. The van der Waals surface area contributed by atoms with Gasteiger partial charge in [0, 0.05) is 19.1 Å². The Hall–Kier alpha value is -0.130. The minimum absolute atomic E-state index is 0.203. The number of nitrogens with two attached hydrogens (primary N) is 1. The Labute approximate surface area is 86.5 Å². The highest BCUT2D eigenvalue weighted by atomic mass is 32.2. The smallest absolute Gasteiger partial charge is 0.218 e. The molecule has 1 aliphatic heterocycles. The predicted octanol–water partition coefficient (Wildman–Crippen LogP) is 0.538. The van der Waals surface area contributed by atoms with Crippen molar-refractivity contribution in [3.8, 4) is 0 Å². The van der Waals surface area contributed by atoms with Crippen molar-refractivity contribution in [1.82, 2.24) is 4.31 Å². The molecule has 1 heterocycles. The van der Waals surface area contributed by atoms with Gasteiger partial charge < -0.3 is 5.73 Å². The van der Waals surface area contributed by atoms with Crippen molar-refractivity contribution in [2.75, 3.05) is 13.1 Å². The minimum Gasteiger partial charge on any atom is -0.329 e. The Kier molecular flexibility index (Phi) is 3.92. The number of sulfonamides is 1. The van der Waals surface area contributed by atoms with E-state index in [1.165, 1.54) is 0 Å². The van der Waals surface area contributed by atoms with Crippen molar-refractivity contribution in [2.24, 2.45) is 5.73 Å². The molecule has 14 heavy (non-hydrogen) atoms. The van der Waals surface area contributed by atoms with Crippen LogP contribution >= 0.6 is 0 Å². The van der Waals surface area contributed by atoms with E-state index in [1.807, 2.05) is 6.92 Å². The van der Waals surface area contributed by atoms with Crippen molar-refractivity contribution in [2.45, 2.75) is 44.4 Å². The van der Waals surface area contributed by atoms with Crippen molar-refractivity contribution >= 4 is 10.0 Å². The van der Waals surface area contributed by atoms with Crippen LogP contribution in [0.2, 0.25) is 0 Å². The van der Waals surface area contributed by atoms with E-state index in [2.05, 4.69) is 0 Å². The van der Waals surface area contributed by atoms with Crippen LogP contribution in [0.25, 0.3) is 0 Å². The molecular weight excluding hydrogens is 200 g/mol. The van der Waals surface area contributed by atoms with Gasteiger partial charge in [-0.15, -0.1) is 0 Å². The van der Waals surface area contributed by atoms with E-state index in [0.717, 1.165) is 19.3 Å². The SMILES string of the molecule is CCC1CCCN1S(=O)(=O)C(C)CN. The standard InChI is InChI=1S/C9H20N2O2S/c1-3-9-5-4-6-11(9)14(12,13)8(2)7-10/h8-9H,3-7,10H2,1-2H3. The third kappa shape index (κ3) is 2.10. The van der Waals surface area contributed by atoms with Crippen molar-refractivity contribution < 1.29 is 8.42 Å². The van der Waals surface area contributed by atoms with Gasteiger partial charge in [-0.3, -0.25) is 0 Å². The summed E-state index contributed by atoms with van der Waals surface area (Å²) in [5.41, 5.74) is 5.41. The van der Waals surface area contributed by atoms with Crippen LogP contribution in [0.3, 0.4) is 0 Å². The highest BCUT2D eigenvalue weighted by molar-refractivity contribution is 7.89. The van der Waals surface area contributed by atoms with Gasteiger partial charge in [0.2, 0.25) is 10.0 Å². The van der Waals surface area contributed by atoms with Crippen LogP contribution in [0.15, 0.2) is 0 Å². The van der Waals surface area contributed by atoms with Crippen LogP contribution < -0.4 is 5.73 Å². The molecule has 0 aromatic heterocycles. The number of hydrogen-bond donors (Lipinski definition) is 1. The second-order valence-electron chi connectivity index (χ2n) is 3.91. The molecule has 0 aromatic rings. The van der Waals surface area contributed by atoms with E-state index in [-0.39, 0.29) is 12.6 Å². The van der Waals surface area contributed by atoms with Gasteiger partial charge in [0.15, 0.2) is 0 Å². The highest BCUT2D eigenvalue weighted by Crippen LogP contribution is 2.25. The Morgan fingerprint density at radius 2 is 2.21 bits per heavy atom. The second-order valence-corrected chi connectivity index (χ2v) is 6.21. The fourth-order valence-electron chi connectivity index (χ4n) is 1.90. The van der Waals surface area contributed by atoms with Gasteiger partial charge in [-0.2, -0.15) is 4.31 Å². The van der Waals surface area contributed by atoms with E-state index in [1.54, 1.807) is 11.2 Å². The summed E-state index contributed by atoms with van der Waals surface area (Å²) in [7, 11) is -3.14.